The van der Waals surface area contributed by atoms with Gasteiger partial charge in [0, 0.05) is 30.9 Å². The number of halogens is 1. The zero-order valence-corrected chi connectivity index (χ0v) is 19.9. The minimum Gasteiger partial charge on any atom is -0.481 e. The molecule has 0 saturated carbocycles. The van der Waals surface area contributed by atoms with Crippen molar-refractivity contribution < 1.29 is 18.8 Å². The average Bonchev–Trinajstić information content (AvgIpc) is 3.37. The average molecular weight is 498 g/mol. The van der Waals surface area contributed by atoms with Gasteiger partial charge < -0.3 is 9.63 Å². The van der Waals surface area contributed by atoms with Gasteiger partial charge in [-0.2, -0.15) is 0 Å². The first-order chi connectivity index (χ1) is 18.0. The molecule has 2 aromatic heterocycles. The van der Waals surface area contributed by atoms with E-state index in [1.54, 1.807) is 22.8 Å². The van der Waals surface area contributed by atoms with Gasteiger partial charge in [-0.15, -0.1) is 0 Å². The van der Waals surface area contributed by atoms with Crippen LogP contribution < -0.4 is 5.56 Å². The quantitative estimate of drug-likeness (QED) is 0.268. The lowest BCUT2D eigenvalue weighted by Crippen LogP contribution is -2.24. The van der Waals surface area contributed by atoms with Gasteiger partial charge in [-0.1, -0.05) is 41.6 Å². The SMILES string of the molecule is O=C(O)CCCCc1nc2cc(-c3cc(Cc4ccc(F)cc4)on3)ccc2c(=O)n1-c1ccccc1. The highest BCUT2D eigenvalue weighted by Gasteiger charge is 2.15. The van der Waals surface area contributed by atoms with Crippen LogP contribution in [0.2, 0.25) is 0 Å². The van der Waals surface area contributed by atoms with Crippen LogP contribution >= 0.6 is 0 Å². The van der Waals surface area contributed by atoms with E-state index < -0.39 is 5.97 Å². The second-order valence-corrected chi connectivity index (χ2v) is 8.82. The summed E-state index contributed by atoms with van der Waals surface area (Å²) in [5.41, 5.74) is 3.32. The van der Waals surface area contributed by atoms with Gasteiger partial charge in [-0.25, -0.2) is 9.37 Å². The molecular formula is C29H24FN3O4. The summed E-state index contributed by atoms with van der Waals surface area (Å²) in [6.45, 7) is 0. The summed E-state index contributed by atoms with van der Waals surface area (Å²) in [6, 6.07) is 22.7. The predicted molar refractivity (Wildman–Crippen MR) is 137 cm³/mol. The van der Waals surface area contributed by atoms with E-state index in [1.807, 2.05) is 48.5 Å². The van der Waals surface area contributed by atoms with E-state index in [2.05, 4.69) is 5.16 Å². The van der Waals surface area contributed by atoms with E-state index in [4.69, 9.17) is 14.6 Å². The van der Waals surface area contributed by atoms with Crippen molar-refractivity contribution >= 4 is 16.9 Å². The lowest BCUT2D eigenvalue weighted by Gasteiger charge is -2.14. The lowest BCUT2D eigenvalue weighted by molar-refractivity contribution is -0.137. The van der Waals surface area contributed by atoms with Gasteiger partial charge in [0.15, 0.2) is 0 Å². The molecule has 0 aliphatic heterocycles. The Labute approximate surface area is 211 Å². The Hall–Kier alpha value is -4.59. The molecule has 5 rings (SSSR count). The summed E-state index contributed by atoms with van der Waals surface area (Å²) < 4.78 is 20.3. The largest absolute Gasteiger partial charge is 0.481 e. The maximum absolute atomic E-state index is 13.5. The number of carboxylic acid groups (broad SMARTS) is 1. The van der Waals surface area contributed by atoms with Crippen LogP contribution in [-0.2, 0) is 17.6 Å². The first-order valence-electron chi connectivity index (χ1n) is 12.0. The molecule has 5 aromatic rings. The summed E-state index contributed by atoms with van der Waals surface area (Å²) in [6.07, 6.45) is 2.09. The lowest BCUT2D eigenvalue weighted by atomic mass is 10.1. The Morgan fingerprint density at radius 1 is 0.973 bits per heavy atom. The molecule has 0 fully saturated rings. The van der Waals surface area contributed by atoms with Gasteiger partial charge in [0.25, 0.3) is 5.56 Å². The highest BCUT2D eigenvalue weighted by atomic mass is 19.1. The first-order valence-corrected chi connectivity index (χ1v) is 12.0. The molecule has 37 heavy (non-hydrogen) atoms. The number of hydrogen-bond donors (Lipinski definition) is 1. The molecule has 0 aliphatic rings. The van der Waals surface area contributed by atoms with E-state index >= 15 is 0 Å². The maximum atomic E-state index is 13.5. The topological polar surface area (TPSA) is 98.2 Å². The smallest absolute Gasteiger partial charge is 0.303 e. The van der Waals surface area contributed by atoms with E-state index in [-0.39, 0.29) is 17.8 Å². The molecule has 0 atom stereocenters. The monoisotopic (exact) mass is 497 g/mol. The van der Waals surface area contributed by atoms with Crippen molar-refractivity contribution in [3.8, 4) is 16.9 Å². The van der Waals surface area contributed by atoms with Gasteiger partial charge in [-0.05, 0) is 54.8 Å². The molecule has 0 amide bonds. The van der Waals surface area contributed by atoms with E-state index in [9.17, 15) is 14.0 Å². The number of aromatic nitrogens is 3. The summed E-state index contributed by atoms with van der Waals surface area (Å²) in [7, 11) is 0. The number of carboxylic acids is 1. The number of para-hydroxylation sites is 1. The number of fused-ring (bicyclic) bond motifs is 1. The second-order valence-electron chi connectivity index (χ2n) is 8.82. The Morgan fingerprint density at radius 2 is 1.76 bits per heavy atom. The van der Waals surface area contributed by atoms with Crippen molar-refractivity contribution in [1.29, 1.82) is 0 Å². The molecule has 0 saturated heterocycles. The Morgan fingerprint density at radius 3 is 2.51 bits per heavy atom. The number of rotatable bonds is 9. The van der Waals surface area contributed by atoms with Crippen LogP contribution in [0.5, 0.6) is 0 Å². The number of hydrogen-bond acceptors (Lipinski definition) is 5. The van der Waals surface area contributed by atoms with Gasteiger partial charge in [0.1, 0.15) is 23.1 Å². The minimum atomic E-state index is -0.844. The molecule has 0 bridgehead atoms. The summed E-state index contributed by atoms with van der Waals surface area (Å²) in [5, 5.41) is 13.6. The summed E-state index contributed by atoms with van der Waals surface area (Å²) in [4.78, 5) is 29.3. The summed E-state index contributed by atoms with van der Waals surface area (Å²) >= 11 is 0. The number of aliphatic carboxylic acids is 1. The van der Waals surface area contributed by atoms with Crippen LogP contribution in [-0.4, -0.2) is 25.8 Å². The standard InChI is InChI=1S/C29H24FN3O4/c30-21-13-10-19(11-14-21)16-23-18-25(32-37-23)20-12-15-24-26(17-20)31-27(8-4-5-9-28(34)35)33(29(24)36)22-6-2-1-3-7-22/h1-3,6-7,10-15,17-18H,4-5,8-9,16H2,(H,34,35). The van der Waals surface area contributed by atoms with Crippen LogP contribution in [0.15, 0.2) is 88.2 Å². The fraction of sp³-hybridized carbons (Fsp3) is 0.172. The minimum absolute atomic E-state index is 0.0692. The van der Waals surface area contributed by atoms with Crippen molar-refractivity contribution in [3.05, 3.63) is 112 Å². The van der Waals surface area contributed by atoms with E-state index in [0.29, 0.717) is 59.6 Å². The maximum Gasteiger partial charge on any atom is 0.303 e. The van der Waals surface area contributed by atoms with Gasteiger partial charge in [-0.3, -0.25) is 14.2 Å². The molecule has 1 N–H and O–H groups in total. The van der Waals surface area contributed by atoms with Crippen LogP contribution in [0.25, 0.3) is 27.8 Å². The molecule has 0 aliphatic carbocycles. The number of unbranched alkanes of at least 4 members (excludes halogenated alkanes) is 1. The highest BCUT2D eigenvalue weighted by Crippen LogP contribution is 2.24. The van der Waals surface area contributed by atoms with Crippen molar-refractivity contribution in [2.24, 2.45) is 0 Å². The van der Waals surface area contributed by atoms with Crippen LogP contribution in [0.1, 0.15) is 36.4 Å². The molecular weight excluding hydrogens is 473 g/mol. The Bertz CT molecular complexity index is 1610. The van der Waals surface area contributed by atoms with E-state index in [1.165, 1.54) is 12.1 Å². The number of carbonyl (C=O) groups is 1. The molecule has 8 heteroatoms. The second kappa shape index (κ2) is 10.6. The van der Waals surface area contributed by atoms with E-state index in [0.717, 1.165) is 11.1 Å². The zero-order valence-electron chi connectivity index (χ0n) is 19.9. The third kappa shape index (κ3) is 5.48. The van der Waals surface area contributed by atoms with Gasteiger partial charge in [0.2, 0.25) is 0 Å². The zero-order chi connectivity index (χ0) is 25.8. The molecule has 0 spiro atoms. The summed E-state index contributed by atoms with van der Waals surface area (Å²) in [5.74, 6) is 0.0675. The highest BCUT2D eigenvalue weighted by molar-refractivity contribution is 5.83. The van der Waals surface area contributed by atoms with Crippen LogP contribution in [0.3, 0.4) is 0 Å². The molecule has 0 radical (unpaired) electrons. The first kappa shape index (κ1) is 24.1. The van der Waals surface area contributed by atoms with Gasteiger partial charge >= 0.3 is 5.97 Å². The normalized spacial score (nSPS) is 11.2. The number of nitrogens with zero attached hydrogens (tertiary/aromatic N) is 3. The number of aryl methyl sites for hydroxylation is 1. The number of benzene rings is 3. The Kier molecular flexibility index (Phi) is 6.89. The van der Waals surface area contributed by atoms with Crippen molar-refractivity contribution in [2.75, 3.05) is 0 Å². The molecule has 0 unspecified atom stereocenters. The van der Waals surface area contributed by atoms with Gasteiger partial charge in [0.05, 0.1) is 16.6 Å². The third-order valence-electron chi connectivity index (χ3n) is 6.14. The van der Waals surface area contributed by atoms with Crippen LogP contribution in [0.4, 0.5) is 4.39 Å². The van der Waals surface area contributed by atoms with Crippen molar-refractivity contribution in [3.63, 3.8) is 0 Å². The van der Waals surface area contributed by atoms with Crippen molar-refractivity contribution in [2.45, 2.75) is 32.1 Å². The molecule has 186 valence electrons. The molecule has 7 nitrogen and oxygen atoms in total. The fourth-order valence-corrected chi connectivity index (χ4v) is 4.30. The van der Waals surface area contributed by atoms with Crippen LogP contribution in [0, 0.1) is 5.82 Å². The molecule has 3 aromatic carbocycles. The van der Waals surface area contributed by atoms with Crippen molar-refractivity contribution in [1.82, 2.24) is 14.7 Å². The Balaban J connectivity index is 1.49. The molecule has 2 heterocycles. The third-order valence-corrected chi connectivity index (χ3v) is 6.14. The fourth-order valence-electron chi connectivity index (χ4n) is 4.30. The predicted octanol–water partition coefficient (Wildman–Crippen LogP) is 5.57.